The number of hydrogen-bond acceptors (Lipinski definition) is 5. The second-order valence-electron chi connectivity index (χ2n) is 4.55. The van der Waals surface area contributed by atoms with Gasteiger partial charge in [-0.3, -0.25) is 4.79 Å². The standard InChI is InChI=1S/C15H15N3O4/c1-11(15(19)17-10-12-6-3-2-4-7-12)22-13-8-5-9-16-14(13)18(20)21/h2-9,11H,10H2,1H3,(H,17,19). The Labute approximate surface area is 127 Å². The third-order valence-corrected chi connectivity index (χ3v) is 2.91. The fourth-order valence-corrected chi connectivity index (χ4v) is 1.78. The highest BCUT2D eigenvalue weighted by Crippen LogP contribution is 2.23. The molecule has 2 rings (SSSR count). The molecule has 1 aromatic carbocycles. The van der Waals surface area contributed by atoms with Gasteiger partial charge in [-0.05, 0) is 34.5 Å². The number of nitrogens with zero attached hydrogens (tertiary/aromatic N) is 2. The molecule has 0 fully saturated rings. The van der Waals surface area contributed by atoms with Crippen LogP contribution in [0.3, 0.4) is 0 Å². The molecular weight excluding hydrogens is 286 g/mol. The third-order valence-electron chi connectivity index (χ3n) is 2.91. The number of amides is 1. The lowest BCUT2D eigenvalue weighted by Gasteiger charge is -2.14. The Morgan fingerprint density at radius 1 is 1.32 bits per heavy atom. The molecule has 1 heterocycles. The molecule has 0 saturated heterocycles. The summed E-state index contributed by atoms with van der Waals surface area (Å²) in [4.78, 5) is 25.8. The van der Waals surface area contributed by atoms with Crippen molar-refractivity contribution in [3.8, 4) is 5.75 Å². The fraction of sp³-hybridized carbons (Fsp3) is 0.200. The maximum Gasteiger partial charge on any atom is 0.406 e. The second-order valence-corrected chi connectivity index (χ2v) is 4.55. The average molecular weight is 301 g/mol. The lowest BCUT2D eigenvalue weighted by atomic mass is 10.2. The molecule has 1 unspecified atom stereocenters. The first kappa shape index (κ1) is 15.4. The third kappa shape index (κ3) is 4.02. The maximum atomic E-state index is 12.0. The molecule has 0 aliphatic heterocycles. The summed E-state index contributed by atoms with van der Waals surface area (Å²) in [6.07, 6.45) is 0.428. The van der Waals surface area contributed by atoms with E-state index in [4.69, 9.17) is 4.74 Å². The van der Waals surface area contributed by atoms with E-state index in [0.717, 1.165) is 5.56 Å². The number of carbonyl (C=O) groups excluding carboxylic acids is 1. The summed E-state index contributed by atoms with van der Waals surface area (Å²) in [7, 11) is 0. The summed E-state index contributed by atoms with van der Waals surface area (Å²) in [6, 6.07) is 12.3. The van der Waals surface area contributed by atoms with Crippen LogP contribution in [-0.4, -0.2) is 21.9 Å². The van der Waals surface area contributed by atoms with Gasteiger partial charge < -0.3 is 20.2 Å². The van der Waals surface area contributed by atoms with Crippen molar-refractivity contribution < 1.29 is 14.5 Å². The molecule has 2 aromatic rings. The highest BCUT2D eigenvalue weighted by Gasteiger charge is 2.21. The molecule has 0 aliphatic rings. The van der Waals surface area contributed by atoms with E-state index in [9.17, 15) is 14.9 Å². The largest absolute Gasteiger partial charge is 0.473 e. The van der Waals surface area contributed by atoms with Crippen LogP contribution in [0.2, 0.25) is 0 Å². The van der Waals surface area contributed by atoms with Gasteiger partial charge in [0, 0.05) is 6.54 Å². The van der Waals surface area contributed by atoms with Gasteiger partial charge in [0.2, 0.25) is 5.75 Å². The van der Waals surface area contributed by atoms with Crippen LogP contribution in [0.15, 0.2) is 48.7 Å². The van der Waals surface area contributed by atoms with Gasteiger partial charge in [0.25, 0.3) is 5.91 Å². The number of pyridine rings is 1. The van der Waals surface area contributed by atoms with Crippen LogP contribution < -0.4 is 10.1 Å². The van der Waals surface area contributed by atoms with Crippen molar-refractivity contribution >= 4 is 11.7 Å². The van der Waals surface area contributed by atoms with E-state index in [1.54, 1.807) is 0 Å². The van der Waals surface area contributed by atoms with Crippen molar-refractivity contribution in [2.45, 2.75) is 19.6 Å². The van der Waals surface area contributed by atoms with E-state index in [1.807, 2.05) is 30.3 Å². The Hall–Kier alpha value is -2.96. The van der Waals surface area contributed by atoms with Gasteiger partial charge in [0.1, 0.15) is 6.20 Å². The first-order valence-corrected chi connectivity index (χ1v) is 6.65. The summed E-state index contributed by atoms with van der Waals surface area (Å²) < 4.78 is 5.34. The molecule has 0 aliphatic carbocycles. The predicted molar refractivity (Wildman–Crippen MR) is 79.3 cm³/mol. The summed E-state index contributed by atoms with van der Waals surface area (Å²) in [5.41, 5.74) is 0.954. The van der Waals surface area contributed by atoms with Gasteiger partial charge in [0.05, 0.1) is 0 Å². The van der Waals surface area contributed by atoms with Crippen LogP contribution in [-0.2, 0) is 11.3 Å². The van der Waals surface area contributed by atoms with Crippen LogP contribution in [0.25, 0.3) is 0 Å². The number of ether oxygens (including phenoxy) is 1. The first-order chi connectivity index (χ1) is 10.6. The minimum absolute atomic E-state index is 0.0325. The Balaban J connectivity index is 1.96. The summed E-state index contributed by atoms with van der Waals surface area (Å²) >= 11 is 0. The highest BCUT2D eigenvalue weighted by molar-refractivity contribution is 5.80. The van der Waals surface area contributed by atoms with Gasteiger partial charge in [-0.1, -0.05) is 30.3 Å². The predicted octanol–water partition coefficient (Wildman–Crippen LogP) is 2.07. The van der Waals surface area contributed by atoms with Crippen molar-refractivity contribution in [1.29, 1.82) is 0 Å². The van der Waals surface area contributed by atoms with Crippen LogP contribution in [0.1, 0.15) is 12.5 Å². The molecule has 1 amide bonds. The molecule has 1 N–H and O–H groups in total. The average Bonchev–Trinajstić information content (AvgIpc) is 2.53. The molecule has 1 aromatic heterocycles. The quantitative estimate of drug-likeness (QED) is 0.651. The van der Waals surface area contributed by atoms with Gasteiger partial charge >= 0.3 is 5.82 Å². The van der Waals surface area contributed by atoms with E-state index in [0.29, 0.717) is 6.54 Å². The molecule has 0 saturated carbocycles. The Morgan fingerprint density at radius 3 is 2.73 bits per heavy atom. The van der Waals surface area contributed by atoms with Crippen molar-refractivity contribution in [1.82, 2.24) is 10.3 Å². The van der Waals surface area contributed by atoms with E-state index in [-0.39, 0.29) is 11.7 Å². The zero-order chi connectivity index (χ0) is 15.9. The zero-order valence-electron chi connectivity index (χ0n) is 11.9. The molecule has 7 heteroatoms. The SMILES string of the molecule is CC(Oc1cccnc1[N+](=O)[O-])C(=O)NCc1ccccc1. The number of rotatable bonds is 6. The van der Waals surface area contributed by atoms with E-state index in [1.165, 1.54) is 25.3 Å². The van der Waals surface area contributed by atoms with Gasteiger partial charge in [-0.2, -0.15) is 0 Å². The summed E-state index contributed by atoms with van der Waals surface area (Å²) in [5, 5.41) is 13.6. The number of benzene rings is 1. The topological polar surface area (TPSA) is 94.4 Å². The minimum atomic E-state index is -0.869. The number of carbonyl (C=O) groups is 1. The zero-order valence-corrected chi connectivity index (χ0v) is 11.9. The minimum Gasteiger partial charge on any atom is -0.473 e. The molecule has 22 heavy (non-hydrogen) atoms. The van der Waals surface area contributed by atoms with E-state index >= 15 is 0 Å². The van der Waals surface area contributed by atoms with Gasteiger partial charge in [-0.25, -0.2) is 0 Å². The molecule has 1 atom stereocenters. The number of aromatic nitrogens is 1. The van der Waals surface area contributed by atoms with E-state index in [2.05, 4.69) is 10.3 Å². The molecule has 0 spiro atoms. The smallest absolute Gasteiger partial charge is 0.406 e. The fourth-order valence-electron chi connectivity index (χ4n) is 1.78. The van der Waals surface area contributed by atoms with Crippen LogP contribution in [0, 0.1) is 10.1 Å². The molecule has 0 bridgehead atoms. The molecule has 0 radical (unpaired) electrons. The van der Waals surface area contributed by atoms with Crippen molar-refractivity contribution in [3.05, 3.63) is 64.3 Å². The van der Waals surface area contributed by atoms with Gasteiger partial charge in [0.15, 0.2) is 6.10 Å². The lowest BCUT2D eigenvalue weighted by Crippen LogP contribution is -2.36. The van der Waals surface area contributed by atoms with Gasteiger partial charge in [-0.15, -0.1) is 0 Å². The van der Waals surface area contributed by atoms with Crippen LogP contribution >= 0.6 is 0 Å². The molecule has 7 nitrogen and oxygen atoms in total. The second kappa shape index (κ2) is 7.16. The van der Waals surface area contributed by atoms with Crippen molar-refractivity contribution in [3.63, 3.8) is 0 Å². The number of nitro groups is 1. The van der Waals surface area contributed by atoms with Crippen molar-refractivity contribution in [2.75, 3.05) is 0 Å². The lowest BCUT2D eigenvalue weighted by molar-refractivity contribution is -0.390. The Kier molecular flexibility index (Phi) is 5.02. The number of hydrogen-bond donors (Lipinski definition) is 1. The Morgan fingerprint density at radius 2 is 2.05 bits per heavy atom. The summed E-state index contributed by atoms with van der Waals surface area (Å²) in [5.74, 6) is -0.804. The Bertz CT molecular complexity index is 661. The number of nitrogens with one attached hydrogen (secondary N) is 1. The van der Waals surface area contributed by atoms with E-state index < -0.39 is 16.8 Å². The van der Waals surface area contributed by atoms with Crippen LogP contribution in [0.5, 0.6) is 5.75 Å². The molecule has 114 valence electrons. The van der Waals surface area contributed by atoms with Crippen LogP contribution in [0.4, 0.5) is 5.82 Å². The monoisotopic (exact) mass is 301 g/mol. The molecular formula is C15H15N3O4. The normalized spacial score (nSPS) is 11.5. The first-order valence-electron chi connectivity index (χ1n) is 6.65. The summed E-state index contributed by atoms with van der Waals surface area (Å²) in [6.45, 7) is 1.89. The van der Waals surface area contributed by atoms with Crippen molar-refractivity contribution in [2.24, 2.45) is 0 Å². The highest BCUT2D eigenvalue weighted by atomic mass is 16.6. The maximum absolute atomic E-state index is 12.0.